The Kier molecular flexibility index (Phi) is 8.97. The molecule has 2 aromatic carbocycles. The van der Waals surface area contributed by atoms with Crippen LogP contribution in [0.1, 0.15) is 6.42 Å². The predicted molar refractivity (Wildman–Crippen MR) is 140 cm³/mol. The summed E-state index contributed by atoms with van der Waals surface area (Å²) in [4.78, 5) is 17.9. The van der Waals surface area contributed by atoms with E-state index in [1.807, 2.05) is 37.0 Å². The van der Waals surface area contributed by atoms with Gasteiger partial charge in [-0.3, -0.25) is 9.48 Å². The smallest absolute Gasteiger partial charge is 0.214 e. The number of benzene rings is 2. The van der Waals surface area contributed by atoms with Crippen LogP contribution in [0.2, 0.25) is 0 Å². The van der Waals surface area contributed by atoms with Crippen molar-refractivity contribution in [1.82, 2.24) is 19.6 Å². The number of nitrogens with one attached hydrogen (secondary N) is 1. The van der Waals surface area contributed by atoms with Gasteiger partial charge in [0, 0.05) is 30.9 Å². The largest absolute Gasteiger partial charge is 0.508 e. The molecule has 1 aliphatic rings. The molecule has 4 rings (SSSR count). The number of halogens is 2. The number of nitrogens with zero attached hydrogens (tertiary/aromatic N) is 5. The first kappa shape index (κ1) is 26.7. The number of hydrogen-bond acceptors (Lipinski definition) is 6. The maximum absolute atomic E-state index is 11.9. The third-order valence-corrected chi connectivity index (χ3v) is 5.61. The SMILES string of the molecule is CN(C)CCCn1nc2c3c(c(N(C=O)CCN(C)C)ccc31)Nc1ccc(O)cc1-2.Cl.Cl. The van der Waals surface area contributed by atoms with E-state index in [1.165, 1.54) is 0 Å². The number of phenols is 1. The number of hydrogen-bond donors (Lipinski definition) is 2. The van der Waals surface area contributed by atoms with E-state index in [0.717, 1.165) is 71.7 Å². The van der Waals surface area contributed by atoms with Crippen molar-refractivity contribution in [2.24, 2.45) is 0 Å². The fraction of sp³-hybridized carbons (Fsp3) is 0.391. The minimum Gasteiger partial charge on any atom is -0.508 e. The molecule has 0 saturated carbocycles. The van der Waals surface area contributed by atoms with Crippen LogP contribution in [0.5, 0.6) is 5.75 Å². The van der Waals surface area contributed by atoms with Crippen molar-refractivity contribution in [1.29, 1.82) is 0 Å². The number of amides is 1. The highest BCUT2D eigenvalue weighted by molar-refractivity contribution is 6.14. The molecule has 0 atom stereocenters. The Morgan fingerprint density at radius 2 is 1.76 bits per heavy atom. The molecule has 0 spiro atoms. The van der Waals surface area contributed by atoms with Gasteiger partial charge in [-0.1, -0.05) is 0 Å². The van der Waals surface area contributed by atoms with Gasteiger partial charge >= 0.3 is 0 Å². The molecule has 2 heterocycles. The molecule has 8 nitrogen and oxygen atoms in total. The Morgan fingerprint density at radius 1 is 1.03 bits per heavy atom. The van der Waals surface area contributed by atoms with Gasteiger partial charge in [-0.15, -0.1) is 24.8 Å². The number of phenolic OH excluding ortho intramolecular Hbond substituents is 1. The minimum atomic E-state index is 0. The maximum Gasteiger partial charge on any atom is 0.214 e. The van der Waals surface area contributed by atoms with Crippen molar-refractivity contribution in [3.63, 3.8) is 0 Å². The van der Waals surface area contributed by atoms with Crippen molar-refractivity contribution in [2.75, 3.05) is 58.0 Å². The number of aromatic nitrogens is 2. The van der Waals surface area contributed by atoms with Crippen LogP contribution in [0.25, 0.3) is 22.2 Å². The zero-order chi connectivity index (χ0) is 22.1. The number of aryl methyl sites for hydroxylation is 1. The van der Waals surface area contributed by atoms with Crippen molar-refractivity contribution >= 4 is 59.2 Å². The van der Waals surface area contributed by atoms with Gasteiger partial charge in [0.1, 0.15) is 11.4 Å². The zero-order valence-corrected chi connectivity index (χ0v) is 21.0. The molecule has 33 heavy (non-hydrogen) atoms. The molecular formula is C23H32Cl2N6O2. The van der Waals surface area contributed by atoms with Gasteiger partial charge in [0.15, 0.2) is 0 Å². The number of anilines is 3. The monoisotopic (exact) mass is 494 g/mol. The Hall–Kier alpha value is -2.52. The third-order valence-electron chi connectivity index (χ3n) is 5.61. The number of carbonyl (C=O) groups excluding carboxylic acids is 1. The highest BCUT2D eigenvalue weighted by atomic mass is 35.5. The van der Waals surface area contributed by atoms with Gasteiger partial charge in [0.2, 0.25) is 6.41 Å². The standard InChI is InChI=1S/C23H30N6O2.2ClH/c1-26(2)10-5-11-29-19-8-9-20(28(15-30)13-12-27(3)4)23-21(19)22(25-29)17-14-16(31)6-7-18(17)24-23;;/h6-9,14-15,24,31H,5,10-13H2,1-4H3;2*1H. The lowest BCUT2D eigenvalue weighted by Gasteiger charge is -2.26. The van der Waals surface area contributed by atoms with Gasteiger partial charge in [-0.05, 0) is 71.5 Å². The molecule has 180 valence electrons. The van der Waals surface area contributed by atoms with E-state index in [1.54, 1.807) is 17.0 Å². The van der Waals surface area contributed by atoms with Crippen LogP contribution in [-0.2, 0) is 11.3 Å². The molecule has 1 aromatic heterocycles. The summed E-state index contributed by atoms with van der Waals surface area (Å²) >= 11 is 0. The van der Waals surface area contributed by atoms with E-state index in [0.29, 0.717) is 6.54 Å². The summed E-state index contributed by atoms with van der Waals surface area (Å²) in [6, 6.07) is 9.30. The normalized spacial score (nSPS) is 11.6. The highest BCUT2D eigenvalue weighted by Gasteiger charge is 2.27. The summed E-state index contributed by atoms with van der Waals surface area (Å²) in [5, 5.41) is 19.5. The van der Waals surface area contributed by atoms with Crippen LogP contribution < -0.4 is 10.2 Å². The van der Waals surface area contributed by atoms with Crippen molar-refractivity contribution in [3.8, 4) is 17.0 Å². The van der Waals surface area contributed by atoms with Gasteiger partial charge in [0.05, 0.1) is 22.3 Å². The van der Waals surface area contributed by atoms with E-state index >= 15 is 0 Å². The first-order chi connectivity index (χ1) is 14.9. The summed E-state index contributed by atoms with van der Waals surface area (Å²) in [6.07, 6.45) is 1.86. The van der Waals surface area contributed by atoms with E-state index < -0.39 is 0 Å². The summed E-state index contributed by atoms with van der Waals surface area (Å²) < 4.78 is 2.04. The second-order valence-corrected chi connectivity index (χ2v) is 8.54. The lowest BCUT2D eigenvalue weighted by molar-refractivity contribution is -0.107. The minimum absolute atomic E-state index is 0. The number of aromatic hydroxyl groups is 1. The molecule has 1 amide bonds. The summed E-state index contributed by atoms with van der Waals surface area (Å²) in [5.74, 6) is 0.205. The quantitative estimate of drug-likeness (QED) is 0.272. The highest BCUT2D eigenvalue weighted by Crippen LogP contribution is 2.48. The van der Waals surface area contributed by atoms with Crippen LogP contribution in [0.4, 0.5) is 17.1 Å². The van der Waals surface area contributed by atoms with Crippen LogP contribution in [0.3, 0.4) is 0 Å². The average Bonchev–Trinajstić information content (AvgIpc) is 3.09. The third kappa shape index (κ3) is 5.35. The van der Waals surface area contributed by atoms with Crippen LogP contribution >= 0.6 is 24.8 Å². The maximum atomic E-state index is 11.9. The summed E-state index contributed by atoms with van der Waals surface area (Å²) in [7, 11) is 8.12. The second-order valence-electron chi connectivity index (χ2n) is 8.54. The molecular weight excluding hydrogens is 463 g/mol. The molecule has 0 unspecified atom stereocenters. The Morgan fingerprint density at radius 3 is 2.42 bits per heavy atom. The van der Waals surface area contributed by atoms with Crippen LogP contribution in [-0.4, -0.2) is 78.9 Å². The predicted octanol–water partition coefficient (Wildman–Crippen LogP) is 3.79. The molecule has 1 aliphatic heterocycles. The lowest BCUT2D eigenvalue weighted by Crippen LogP contribution is -2.31. The first-order valence-electron chi connectivity index (χ1n) is 10.5. The number of rotatable bonds is 9. The number of fused-ring (bicyclic) bond motifs is 2. The number of carbonyl (C=O) groups is 1. The molecule has 10 heteroatoms. The number of likely N-dealkylation sites (N-methyl/N-ethyl adjacent to an activating group) is 1. The molecule has 0 bridgehead atoms. The Labute approximate surface area is 207 Å². The molecule has 0 saturated heterocycles. The second kappa shape index (κ2) is 11.1. The van der Waals surface area contributed by atoms with Crippen molar-refractivity contribution in [2.45, 2.75) is 13.0 Å². The molecule has 2 N–H and O–H groups in total. The first-order valence-corrected chi connectivity index (χ1v) is 10.5. The van der Waals surface area contributed by atoms with Crippen LogP contribution in [0, 0.1) is 0 Å². The summed E-state index contributed by atoms with van der Waals surface area (Å²) in [5.41, 5.74) is 5.31. The van der Waals surface area contributed by atoms with E-state index in [9.17, 15) is 9.90 Å². The average molecular weight is 495 g/mol. The van der Waals surface area contributed by atoms with E-state index in [4.69, 9.17) is 5.10 Å². The molecule has 0 fully saturated rings. The topological polar surface area (TPSA) is 76.9 Å². The van der Waals surface area contributed by atoms with Crippen molar-refractivity contribution in [3.05, 3.63) is 30.3 Å². The Balaban J connectivity index is 0.00000193. The fourth-order valence-corrected chi connectivity index (χ4v) is 4.03. The van der Waals surface area contributed by atoms with Gasteiger partial charge in [0.25, 0.3) is 0 Å². The van der Waals surface area contributed by atoms with Crippen molar-refractivity contribution < 1.29 is 9.90 Å². The molecule has 0 radical (unpaired) electrons. The van der Waals surface area contributed by atoms with Gasteiger partial charge < -0.3 is 25.1 Å². The Bertz CT molecular complexity index is 1120. The van der Waals surface area contributed by atoms with Gasteiger partial charge in [-0.2, -0.15) is 5.10 Å². The van der Waals surface area contributed by atoms with Gasteiger partial charge in [-0.25, -0.2) is 0 Å². The molecule has 0 aliphatic carbocycles. The van der Waals surface area contributed by atoms with E-state index in [-0.39, 0.29) is 30.6 Å². The van der Waals surface area contributed by atoms with Crippen LogP contribution in [0.15, 0.2) is 30.3 Å². The molecule has 3 aromatic rings. The zero-order valence-electron chi connectivity index (χ0n) is 19.4. The fourth-order valence-electron chi connectivity index (χ4n) is 4.03. The lowest BCUT2D eigenvalue weighted by atomic mass is 9.98. The summed E-state index contributed by atoms with van der Waals surface area (Å²) in [6.45, 7) is 3.11. The van der Waals surface area contributed by atoms with E-state index in [2.05, 4.69) is 29.2 Å².